The van der Waals surface area contributed by atoms with Crippen molar-refractivity contribution >= 4 is 39.3 Å². The number of nitrogens with one attached hydrogen (secondary N) is 1. The third-order valence-electron chi connectivity index (χ3n) is 5.16. The number of hydrogen-bond acceptors (Lipinski definition) is 4. The van der Waals surface area contributed by atoms with E-state index in [2.05, 4.69) is 5.32 Å². The van der Waals surface area contributed by atoms with Crippen molar-refractivity contribution in [3.05, 3.63) is 64.0 Å². The van der Waals surface area contributed by atoms with Crippen LogP contribution in [0.3, 0.4) is 0 Å². The molecule has 30 heavy (non-hydrogen) atoms. The first kappa shape index (κ1) is 22.3. The molecule has 0 bridgehead atoms. The van der Waals surface area contributed by atoms with Crippen molar-refractivity contribution in [3.63, 3.8) is 0 Å². The minimum atomic E-state index is -3.52. The first-order chi connectivity index (χ1) is 14.3. The van der Waals surface area contributed by atoms with Gasteiger partial charge in [-0.25, -0.2) is 8.42 Å². The van der Waals surface area contributed by atoms with Crippen LogP contribution >= 0.6 is 11.6 Å². The van der Waals surface area contributed by atoms with E-state index in [1.807, 2.05) is 37.3 Å². The number of ether oxygens (including phenoxy) is 1. The van der Waals surface area contributed by atoms with Gasteiger partial charge in [0.1, 0.15) is 5.75 Å². The fourth-order valence-corrected chi connectivity index (χ4v) is 4.73. The van der Waals surface area contributed by atoms with Crippen molar-refractivity contribution in [3.8, 4) is 5.75 Å². The summed E-state index contributed by atoms with van der Waals surface area (Å²) in [6.45, 7) is 2.45. The van der Waals surface area contributed by atoms with Gasteiger partial charge in [-0.1, -0.05) is 41.9 Å². The molecule has 0 aliphatic carbocycles. The Kier molecular flexibility index (Phi) is 7.18. The first-order valence-corrected chi connectivity index (χ1v) is 11.6. The smallest absolute Gasteiger partial charge is 0.236 e. The molecule has 0 atom stereocenters. The number of hydrogen-bond donors (Lipinski definition) is 1. The number of carbonyl (C=O) groups excluding carboxylic acids is 1. The Labute approximate surface area is 182 Å². The number of sulfonamides is 1. The molecular formula is C22H25ClN2O4S. The lowest BCUT2D eigenvalue weighted by Gasteiger charge is -2.29. The van der Waals surface area contributed by atoms with Gasteiger partial charge in [0, 0.05) is 35.5 Å². The average molecular weight is 449 g/mol. The monoisotopic (exact) mass is 448 g/mol. The molecular weight excluding hydrogens is 424 g/mol. The van der Waals surface area contributed by atoms with Gasteiger partial charge in [-0.2, -0.15) is 4.31 Å². The Balaban J connectivity index is 1.60. The highest BCUT2D eigenvalue weighted by molar-refractivity contribution is 7.92. The van der Waals surface area contributed by atoms with Gasteiger partial charge in [0.25, 0.3) is 0 Å². The molecule has 6 nitrogen and oxygen atoms in total. The van der Waals surface area contributed by atoms with Crippen LogP contribution in [-0.2, 0) is 14.8 Å². The van der Waals surface area contributed by atoms with Crippen LogP contribution in [0.4, 0.5) is 5.69 Å². The van der Waals surface area contributed by atoms with E-state index in [1.165, 1.54) is 16.8 Å². The van der Waals surface area contributed by atoms with Crippen LogP contribution < -0.4 is 10.1 Å². The Morgan fingerprint density at radius 1 is 1.20 bits per heavy atom. The van der Waals surface area contributed by atoms with Crippen LogP contribution in [0.15, 0.2) is 47.9 Å². The minimum Gasteiger partial charge on any atom is -0.495 e. The molecule has 0 saturated carbocycles. The number of aryl methyl sites for hydroxylation is 1. The summed E-state index contributed by atoms with van der Waals surface area (Å²) in [5, 5.41) is 4.68. The van der Waals surface area contributed by atoms with Crippen molar-refractivity contribution in [2.24, 2.45) is 5.92 Å². The van der Waals surface area contributed by atoms with Gasteiger partial charge in [-0.15, -0.1) is 0 Å². The number of methoxy groups -OCH3 is 1. The zero-order chi connectivity index (χ0) is 21.7. The van der Waals surface area contributed by atoms with Crippen LogP contribution in [0.2, 0.25) is 5.02 Å². The molecule has 0 unspecified atom stereocenters. The van der Waals surface area contributed by atoms with Crippen molar-refractivity contribution < 1.29 is 17.9 Å². The van der Waals surface area contributed by atoms with Gasteiger partial charge in [0.2, 0.25) is 15.9 Å². The SMILES string of the molecule is COc1cc(Cl)c(C)cc1NC(=O)C1CCN(S(=O)(=O)/C=C/c2ccccc2)CC1. The lowest BCUT2D eigenvalue weighted by Crippen LogP contribution is -2.40. The number of piperidine rings is 1. The maximum atomic E-state index is 12.7. The molecule has 0 spiro atoms. The second-order valence-corrected chi connectivity index (χ2v) is 9.45. The zero-order valence-corrected chi connectivity index (χ0v) is 18.5. The highest BCUT2D eigenvalue weighted by atomic mass is 35.5. The Morgan fingerprint density at radius 3 is 2.50 bits per heavy atom. The predicted molar refractivity (Wildman–Crippen MR) is 120 cm³/mol. The van der Waals surface area contributed by atoms with Gasteiger partial charge >= 0.3 is 0 Å². The normalized spacial score (nSPS) is 16.0. The summed E-state index contributed by atoms with van der Waals surface area (Å²) in [6, 6.07) is 12.7. The molecule has 1 amide bonds. The molecule has 1 N–H and O–H groups in total. The van der Waals surface area contributed by atoms with Crippen molar-refractivity contribution in [1.29, 1.82) is 0 Å². The van der Waals surface area contributed by atoms with Crippen LogP contribution in [0, 0.1) is 12.8 Å². The Hall–Kier alpha value is -2.35. The van der Waals surface area contributed by atoms with Gasteiger partial charge in [0.05, 0.1) is 12.8 Å². The number of carbonyl (C=O) groups is 1. The van der Waals surface area contributed by atoms with E-state index in [0.29, 0.717) is 42.4 Å². The largest absolute Gasteiger partial charge is 0.495 e. The molecule has 0 aromatic heterocycles. The van der Waals surface area contributed by atoms with E-state index in [4.69, 9.17) is 16.3 Å². The quantitative estimate of drug-likeness (QED) is 0.714. The fourth-order valence-electron chi connectivity index (χ4n) is 3.35. The highest BCUT2D eigenvalue weighted by Gasteiger charge is 2.30. The van der Waals surface area contributed by atoms with Crippen LogP contribution in [-0.4, -0.2) is 38.8 Å². The lowest BCUT2D eigenvalue weighted by molar-refractivity contribution is -0.120. The third kappa shape index (κ3) is 5.41. The molecule has 160 valence electrons. The topological polar surface area (TPSA) is 75.7 Å². The van der Waals surface area contributed by atoms with Crippen molar-refractivity contribution in [1.82, 2.24) is 4.31 Å². The molecule has 2 aromatic carbocycles. The predicted octanol–water partition coefficient (Wildman–Crippen LogP) is 4.31. The molecule has 1 fully saturated rings. The number of anilines is 1. The van der Waals surface area contributed by atoms with E-state index >= 15 is 0 Å². The van der Waals surface area contributed by atoms with Crippen molar-refractivity contribution in [2.75, 3.05) is 25.5 Å². The summed E-state index contributed by atoms with van der Waals surface area (Å²) in [5.41, 5.74) is 2.21. The third-order valence-corrected chi connectivity index (χ3v) is 7.13. The first-order valence-electron chi connectivity index (χ1n) is 9.68. The summed E-state index contributed by atoms with van der Waals surface area (Å²) < 4.78 is 31.9. The molecule has 2 aromatic rings. The maximum Gasteiger partial charge on any atom is 0.236 e. The number of amides is 1. The standard InChI is InChI=1S/C22H25ClN2O4S/c1-16-14-20(21(29-2)15-19(16)23)24-22(26)18-8-11-25(12-9-18)30(27,28)13-10-17-6-4-3-5-7-17/h3-7,10,13-15,18H,8-9,11-12H2,1-2H3,(H,24,26)/b13-10+. The Morgan fingerprint density at radius 2 is 1.87 bits per heavy atom. The molecule has 1 aliphatic rings. The minimum absolute atomic E-state index is 0.146. The molecule has 1 saturated heterocycles. The van der Waals surface area contributed by atoms with Crippen LogP contribution in [0.25, 0.3) is 6.08 Å². The zero-order valence-electron chi connectivity index (χ0n) is 17.0. The second-order valence-electron chi connectivity index (χ2n) is 7.22. The maximum absolute atomic E-state index is 12.7. The van der Waals surface area contributed by atoms with E-state index < -0.39 is 10.0 Å². The van der Waals surface area contributed by atoms with E-state index in [-0.39, 0.29) is 11.8 Å². The molecule has 1 heterocycles. The molecule has 1 aliphatic heterocycles. The average Bonchev–Trinajstić information content (AvgIpc) is 2.75. The fraction of sp³-hybridized carbons (Fsp3) is 0.318. The number of rotatable bonds is 6. The summed E-state index contributed by atoms with van der Waals surface area (Å²) in [6.07, 6.45) is 2.50. The van der Waals surface area contributed by atoms with Crippen LogP contribution in [0.1, 0.15) is 24.0 Å². The van der Waals surface area contributed by atoms with E-state index in [0.717, 1.165) is 11.1 Å². The second kappa shape index (κ2) is 9.64. The summed E-state index contributed by atoms with van der Waals surface area (Å²) in [4.78, 5) is 12.7. The number of benzene rings is 2. The van der Waals surface area contributed by atoms with Gasteiger partial charge in [0.15, 0.2) is 0 Å². The number of nitrogens with zero attached hydrogens (tertiary/aromatic N) is 1. The highest BCUT2D eigenvalue weighted by Crippen LogP contribution is 2.32. The summed E-state index contributed by atoms with van der Waals surface area (Å²) >= 11 is 6.11. The lowest BCUT2D eigenvalue weighted by atomic mass is 9.97. The van der Waals surface area contributed by atoms with Crippen LogP contribution in [0.5, 0.6) is 5.75 Å². The summed E-state index contributed by atoms with van der Waals surface area (Å²) in [5.74, 6) is 0.0761. The molecule has 8 heteroatoms. The van der Waals surface area contributed by atoms with Gasteiger partial charge in [-0.3, -0.25) is 4.79 Å². The van der Waals surface area contributed by atoms with Gasteiger partial charge in [-0.05, 0) is 43.0 Å². The Bertz CT molecular complexity index is 1030. The molecule has 0 radical (unpaired) electrons. The summed E-state index contributed by atoms with van der Waals surface area (Å²) in [7, 11) is -2.01. The van der Waals surface area contributed by atoms with Gasteiger partial charge < -0.3 is 10.1 Å². The molecule has 3 rings (SSSR count). The van der Waals surface area contributed by atoms with E-state index in [9.17, 15) is 13.2 Å². The van der Waals surface area contributed by atoms with E-state index in [1.54, 1.807) is 18.2 Å². The van der Waals surface area contributed by atoms with Crippen molar-refractivity contribution in [2.45, 2.75) is 19.8 Å². The number of halogens is 1.